The normalized spacial score (nSPS) is 18.7. The Morgan fingerprint density at radius 2 is 1.97 bits per heavy atom. The van der Waals surface area contributed by atoms with E-state index in [1.165, 1.54) is 11.3 Å². The minimum atomic E-state index is 0.0619. The number of aromatic nitrogens is 2. The fourth-order valence-electron chi connectivity index (χ4n) is 5.03. The first-order chi connectivity index (χ1) is 16.0. The molecule has 6 nitrogen and oxygen atoms in total. The van der Waals surface area contributed by atoms with Gasteiger partial charge in [-0.2, -0.15) is 0 Å². The summed E-state index contributed by atoms with van der Waals surface area (Å²) in [5, 5.41) is 4.73. The average Bonchev–Trinajstić information content (AvgIpc) is 3.05. The standard InChI is InChI=1S/C26H31N5OS/c1-18-7-6-8-21(15-18)30-14-13-29(17-19(30)2)26(33)27-20-10-11-23-22(16-20)25(32)31-12-5-3-4-9-24(31)28-23/h6-8,10-11,15-16,19H,3-5,9,12-14,17H2,1-2H3,(H,27,33)/t19-/m0/s1. The molecule has 2 aliphatic heterocycles. The van der Waals surface area contributed by atoms with Gasteiger partial charge in [-0.25, -0.2) is 4.98 Å². The van der Waals surface area contributed by atoms with Crippen LogP contribution < -0.4 is 15.8 Å². The summed E-state index contributed by atoms with van der Waals surface area (Å²) in [6, 6.07) is 14.8. The number of hydrogen-bond acceptors (Lipinski definition) is 4. The maximum absolute atomic E-state index is 13.1. The van der Waals surface area contributed by atoms with E-state index in [1.807, 2.05) is 22.8 Å². The number of anilines is 2. The maximum atomic E-state index is 13.1. The van der Waals surface area contributed by atoms with Crippen LogP contribution in [0.15, 0.2) is 47.3 Å². The van der Waals surface area contributed by atoms with Crippen LogP contribution in [0.1, 0.15) is 37.6 Å². The Morgan fingerprint density at radius 1 is 1.09 bits per heavy atom. The molecule has 0 amide bonds. The van der Waals surface area contributed by atoms with Crippen LogP contribution in [0.3, 0.4) is 0 Å². The van der Waals surface area contributed by atoms with Crippen molar-refractivity contribution >= 4 is 39.6 Å². The van der Waals surface area contributed by atoms with Gasteiger partial charge in [0.15, 0.2) is 5.11 Å². The molecule has 5 rings (SSSR count). The van der Waals surface area contributed by atoms with Gasteiger partial charge in [0.05, 0.1) is 10.9 Å². The number of hydrogen-bond donors (Lipinski definition) is 1. The fourth-order valence-corrected chi connectivity index (χ4v) is 5.31. The van der Waals surface area contributed by atoms with Gasteiger partial charge in [0.25, 0.3) is 5.56 Å². The minimum absolute atomic E-state index is 0.0619. The van der Waals surface area contributed by atoms with E-state index < -0.39 is 0 Å². The summed E-state index contributed by atoms with van der Waals surface area (Å²) in [5.41, 5.74) is 4.21. The van der Waals surface area contributed by atoms with Crippen LogP contribution >= 0.6 is 12.2 Å². The van der Waals surface area contributed by atoms with E-state index in [0.717, 1.165) is 68.9 Å². The zero-order chi connectivity index (χ0) is 22.9. The van der Waals surface area contributed by atoms with Crippen LogP contribution in [0, 0.1) is 6.92 Å². The highest BCUT2D eigenvalue weighted by Gasteiger charge is 2.25. The molecule has 1 saturated heterocycles. The van der Waals surface area contributed by atoms with E-state index in [-0.39, 0.29) is 5.56 Å². The number of thiocarbonyl (C=S) groups is 1. The third-order valence-corrected chi connectivity index (χ3v) is 7.17. The van der Waals surface area contributed by atoms with Crippen molar-refractivity contribution in [3.8, 4) is 0 Å². The van der Waals surface area contributed by atoms with Gasteiger partial charge in [-0.15, -0.1) is 0 Å². The molecule has 0 radical (unpaired) electrons. The topological polar surface area (TPSA) is 53.4 Å². The highest BCUT2D eigenvalue weighted by molar-refractivity contribution is 7.80. The van der Waals surface area contributed by atoms with Crippen molar-refractivity contribution in [2.75, 3.05) is 29.9 Å². The molecule has 1 atom stereocenters. The summed E-state index contributed by atoms with van der Waals surface area (Å²) in [7, 11) is 0. The van der Waals surface area contributed by atoms with E-state index in [4.69, 9.17) is 17.2 Å². The van der Waals surface area contributed by atoms with Crippen LogP contribution in [0.4, 0.5) is 11.4 Å². The molecule has 0 spiro atoms. The molecule has 0 unspecified atom stereocenters. The van der Waals surface area contributed by atoms with Crippen molar-refractivity contribution in [2.24, 2.45) is 0 Å². The van der Waals surface area contributed by atoms with Gasteiger partial charge in [-0.1, -0.05) is 18.6 Å². The molecule has 0 aliphatic carbocycles. The van der Waals surface area contributed by atoms with Crippen molar-refractivity contribution in [3.63, 3.8) is 0 Å². The summed E-state index contributed by atoms with van der Waals surface area (Å²) in [5.74, 6) is 0.918. The van der Waals surface area contributed by atoms with Crippen LogP contribution in [0.25, 0.3) is 10.9 Å². The van der Waals surface area contributed by atoms with Crippen LogP contribution in [-0.2, 0) is 13.0 Å². The molecule has 33 heavy (non-hydrogen) atoms. The molecule has 7 heteroatoms. The second-order valence-electron chi connectivity index (χ2n) is 9.28. The molecule has 2 aliphatic rings. The predicted octanol–water partition coefficient (Wildman–Crippen LogP) is 4.34. The van der Waals surface area contributed by atoms with E-state index >= 15 is 0 Å². The molecular weight excluding hydrogens is 430 g/mol. The second-order valence-corrected chi connectivity index (χ2v) is 9.67. The highest BCUT2D eigenvalue weighted by atomic mass is 32.1. The number of fused-ring (bicyclic) bond motifs is 2. The molecule has 0 saturated carbocycles. The molecule has 172 valence electrons. The molecule has 3 heterocycles. The van der Waals surface area contributed by atoms with Crippen molar-refractivity contribution < 1.29 is 0 Å². The van der Waals surface area contributed by atoms with E-state index in [9.17, 15) is 4.79 Å². The van der Waals surface area contributed by atoms with Gasteiger partial charge in [-0.05, 0) is 74.8 Å². The summed E-state index contributed by atoms with van der Waals surface area (Å²) in [6.45, 7) is 7.76. The number of nitrogens with one attached hydrogen (secondary N) is 1. The molecule has 0 bridgehead atoms. The first kappa shape index (κ1) is 21.9. The van der Waals surface area contributed by atoms with Crippen molar-refractivity contribution in [3.05, 3.63) is 64.2 Å². The predicted molar refractivity (Wildman–Crippen MR) is 139 cm³/mol. The molecule has 2 aromatic carbocycles. The van der Waals surface area contributed by atoms with E-state index in [1.54, 1.807) is 0 Å². The van der Waals surface area contributed by atoms with Gasteiger partial charge < -0.3 is 15.1 Å². The summed E-state index contributed by atoms with van der Waals surface area (Å²) >= 11 is 5.75. The number of nitrogens with zero attached hydrogens (tertiary/aromatic N) is 4. The molecular formula is C26H31N5OS. The molecule has 1 N–H and O–H groups in total. The average molecular weight is 462 g/mol. The van der Waals surface area contributed by atoms with E-state index in [0.29, 0.717) is 16.5 Å². The highest BCUT2D eigenvalue weighted by Crippen LogP contribution is 2.23. The van der Waals surface area contributed by atoms with Crippen molar-refractivity contribution in [1.82, 2.24) is 14.5 Å². The lowest BCUT2D eigenvalue weighted by Crippen LogP contribution is -2.54. The van der Waals surface area contributed by atoms with Gasteiger partial charge in [-0.3, -0.25) is 9.36 Å². The van der Waals surface area contributed by atoms with Crippen molar-refractivity contribution in [1.29, 1.82) is 0 Å². The summed E-state index contributed by atoms with van der Waals surface area (Å²) < 4.78 is 1.86. The Balaban J connectivity index is 1.31. The lowest BCUT2D eigenvalue weighted by Gasteiger charge is -2.42. The maximum Gasteiger partial charge on any atom is 0.261 e. The molecule has 1 aromatic heterocycles. The second kappa shape index (κ2) is 9.14. The lowest BCUT2D eigenvalue weighted by molar-refractivity contribution is 0.342. The monoisotopic (exact) mass is 461 g/mol. The quantitative estimate of drug-likeness (QED) is 0.573. The summed E-state index contributed by atoms with van der Waals surface area (Å²) in [6.07, 6.45) is 4.16. The molecule has 3 aromatic rings. The summed E-state index contributed by atoms with van der Waals surface area (Å²) in [4.78, 5) is 22.6. The van der Waals surface area contributed by atoms with Gasteiger partial charge >= 0.3 is 0 Å². The first-order valence-corrected chi connectivity index (χ1v) is 12.3. The first-order valence-electron chi connectivity index (χ1n) is 11.9. The third kappa shape index (κ3) is 4.47. The number of rotatable bonds is 2. The minimum Gasteiger partial charge on any atom is -0.365 e. The van der Waals surface area contributed by atoms with Crippen LogP contribution in [0.2, 0.25) is 0 Å². The smallest absolute Gasteiger partial charge is 0.261 e. The fraction of sp³-hybridized carbons (Fsp3) is 0.423. The van der Waals surface area contributed by atoms with Crippen LogP contribution in [-0.4, -0.2) is 45.2 Å². The van der Waals surface area contributed by atoms with Gasteiger partial charge in [0.1, 0.15) is 5.82 Å². The van der Waals surface area contributed by atoms with Crippen molar-refractivity contribution in [2.45, 2.75) is 52.1 Å². The third-order valence-electron chi connectivity index (χ3n) is 6.81. The van der Waals surface area contributed by atoms with Gasteiger partial charge in [0, 0.05) is 50.0 Å². The van der Waals surface area contributed by atoms with Gasteiger partial charge in [0.2, 0.25) is 0 Å². The Morgan fingerprint density at radius 3 is 2.79 bits per heavy atom. The molecule has 1 fully saturated rings. The Bertz CT molecular complexity index is 1250. The Hall–Kier alpha value is -2.93. The Kier molecular flexibility index (Phi) is 6.06. The zero-order valence-corrected chi connectivity index (χ0v) is 20.2. The SMILES string of the molecule is Cc1cccc(N2CCN(C(=S)Nc3ccc4nc5n(c(=O)c4c3)CCCCC5)C[C@@H]2C)c1. The number of aryl methyl sites for hydroxylation is 2. The lowest BCUT2D eigenvalue weighted by atomic mass is 10.1. The van der Waals surface area contributed by atoms with Crippen LogP contribution in [0.5, 0.6) is 0 Å². The van der Waals surface area contributed by atoms with E-state index in [2.05, 4.69) is 53.2 Å². The number of piperazine rings is 1. The Labute approximate surface area is 200 Å². The zero-order valence-electron chi connectivity index (χ0n) is 19.4. The number of benzene rings is 2. The largest absolute Gasteiger partial charge is 0.365 e.